The Kier molecular flexibility index (Phi) is 6.43. The van der Waals surface area contributed by atoms with Crippen LogP contribution >= 0.6 is 0 Å². The van der Waals surface area contributed by atoms with Crippen molar-refractivity contribution in [1.29, 1.82) is 0 Å². The molecular formula is C23H27N5O5. The van der Waals surface area contributed by atoms with E-state index in [1.807, 2.05) is 18.2 Å². The minimum atomic E-state index is -0.600. The van der Waals surface area contributed by atoms with Crippen LogP contribution in [0, 0.1) is 0 Å². The van der Waals surface area contributed by atoms with Gasteiger partial charge in [-0.1, -0.05) is 11.3 Å². The van der Waals surface area contributed by atoms with Crippen LogP contribution in [0.5, 0.6) is 0 Å². The Hall–Kier alpha value is -3.69. The Morgan fingerprint density at radius 2 is 2.03 bits per heavy atom. The van der Waals surface area contributed by atoms with E-state index in [9.17, 15) is 14.4 Å². The van der Waals surface area contributed by atoms with Gasteiger partial charge in [0.1, 0.15) is 11.6 Å². The molecule has 0 N–H and O–H groups in total. The highest BCUT2D eigenvalue weighted by Gasteiger charge is 2.37. The molecule has 1 fully saturated rings. The van der Waals surface area contributed by atoms with Crippen molar-refractivity contribution >= 4 is 28.8 Å². The second-order valence-corrected chi connectivity index (χ2v) is 8.38. The monoisotopic (exact) mass is 453 g/mol. The number of hydrogen-bond donors (Lipinski definition) is 0. The third kappa shape index (κ3) is 4.74. The van der Waals surface area contributed by atoms with Crippen molar-refractivity contribution in [3.63, 3.8) is 0 Å². The maximum Gasteiger partial charge on any atom is 0.328 e. The minimum absolute atomic E-state index is 0.0496. The molecule has 0 unspecified atom stereocenters. The Balaban J connectivity index is 1.54. The number of aromatic nitrogens is 3. The third-order valence-electron chi connectivity index (χ3n) is 6.03. The molecule has 2 amide bonds. The number of furan rings is 1. The first-order valence-electron chi connectivity index (χ1n) is 10.8. The predicted molar refractivity (Wildman–Crippen MR) is 118 cm³/mol. The molecule has 10 heteroatoms. The van der Waals surface area contributed by atoms with Gasteiger partial charge in [0.05, 0.1) is 19.9 Å². The molecule has 33 heavy (non-hydrogen) atoms. The highest BCUT2D eigenvalue weighted by atomic mass is 16.5. The number of nitrogens with zero attached hydrogens (tertiary/aromatic N) is 5. The minimum Gasteiger partial charge on any atom is -0.467 e. The molecule has 0 aliphatic carbocycles. The van der Waals surface area contributed by atoms with Crippen LogP contribution < -0.4 is 0 Å². The van der Waals surface area contributed by atoms with Crippen LogP contribution in [0.15, 0.2) is 41.1 Å². The van der Waals surface area contributed by atoms with E-state index in [1.165, 1.54) is 12.0 Å². The van der Waals surface area contributed by atoms with E-state index >= 15 is 0 Å². The molecule has 10 nitrogen and oxygen atoms in total. The Morgan fingerprint density at radius 1 is 1.21 bits per heavy atom. The molecule has 1 aromatic carbocycles. The van der Waals surface area contributed by atoms with Crippen molar-refractivity contribution in [2.45, 2.75) is 37.8 Å². The molecule has 0 bridgehead atoms. The van der Waals surface area contributed by atoms with Crippen molar-refractivity contribution in [2.24, 2.45) is 0 Å². The number of methoxy groups -OCH3 is 1. The lowest BCUT2D eigenvalue weighted by molar-refractivity contribution is -0.155. The first-order chi connectivity index (χ1) is 15.9. The summed E-state index contributed by atoms with van der Waals surface area (Å²) < 4.78 is 12.2. The molecule has 0 spiro atoms. The number of fused-ring (bicyclic) bond motifs is 1. The summed E-state index contributed by atoms with van der Waals surface area (Å²) in [5.41, 5.74) is 1.66. The van der Waals surface area contributed by atoms with Crippen LogP contribution in [0.1, 0.15) is 41.3 Å². The molecule has 0 radical (unpaired) electrons. The maximum atomic E-state index is 13.1. The number of carbonyl (C=O) groups is 3. The van der Waals surface area contributed by atoms with Crippen LogP contribution in [0.3, 0.4) is 0 Å². The SMILES string of the molecule is COC(=O)[C@H]1CC[C@@H](c2ccc3oc(C(=O)N(C)C)cc3c2)CN1C(=O)CCn1ccnn1. The lowest BCUT2D eigenvalue weighted by Gasteiger charge is -2.38. The van der Waals surface area contributed by atoms with Gasteiger partial charge in [0.2, 0.25) is 5.91 Å². The third-order valence-corrected chi connectivity index (χ3v) is 6.03. The lowest BCUT2D eigenvalue weighted by atomic mass is 9.86. The largest absolute Gasteiger partial charge is 0.467 e. The predicted octanol–water partition coefficient (Wildman–Crippen LogP) is 2.06. The molecular weight excluding hydrogens is 426 g/mol. The molecule has 1 saturated heterocycles. The second kappa shape index (κ2) is 9.43. The highest BCUT2D eigenvalue weighted by Crippen LogP contribution is 2.33. The lowest BCUT2D eigenvalue weighted by Crippen LogP contribution is -2.50. The van der Waals surface area contributed by atoms with Gasteiger partial charge in [0.25, 0.3) is 5.91 Å². The molecule has 1 aliphatic heterocycles. The number of hydrogen-bond acceptors (Lipinski definition) is 7. The summed E-state index contributed by atoms with van der Waals surface area (Å²) >= 11 is 0. The smallest absolute Gasteiger partial charge is 0.328 e. The van der Waals surface area contributed by atoms with Gasteiger partial charge in [-0.15, -0.1) is 5.10 Å². The van der Waals surface area contributed by atoms with Crippen LogP contribution in [0.25, 0.3) is 11.0 Å². The first-order valence-corrected chi connectivity index (χ1v) is 10.8. The summed E-state index contributed by atoms with van der Waals surface area (Å²) in [6.07, 6.45) is 4.71. The number of esters is 1. The number of benzene rings is 1. The number of likely N-dealkylation sites (tertiary alicyclic amines) is 1. The van der Waals surface area contributed by atoms with Crippen molar-refractivity contribution in [1.82, 2.24) is 24.8 Å². The van der Waals surface area contributed by atoms with Gasteiger partial charge in [-0.2, -0.15) is 0 Å². The zero-order valence-corrected chi connectivity index (χ0v) is 18.9. The molecule has 1 aliphatic rings. The average molecular weight is 453 g/mol. The summed E-state index contributed by atoms with van der Waals surface area (Å²) in [5, 5.41) is 8.47. The van der Waals surface area contributed by atoms with Crippen molar-refractivity contribution in [2.75, 3.05) is 27.7 Å². The molecule has 174 valence electrons. The van der Waals surface area contributed by atoms with Crippen molar-refractivity contribution in [3.8, 4) is 0 Å². The van der Waals surface area contributed by atoms with Crippen LogP contribution in [0.4, 0.5) is 0 Å². The standard InChI is InChI=1S/C23H27N5O5/c1-26(2)22(30)20-13-17-12-15(5-7-19(17)33-20)16-4-6-18(23(31)32-3)28(14-16)21(29)8-10-27-11-9-24-25-27/h5,7,9,11-13,16,18H,4,6,8,10,14H2,1-3H3/t16-,18-/m1/s1. The van der Waals surface area contributed by atoms with E-state index in [4.69, 9.17) is 9.15 Å². The number of aryl methyl sites for hydroxylation is 1. The zero-order chi connectivity index (χ0) is 23.5. The average Bonchev–Trinajstić information content (AvgIpc) is 3.50. The zero-order valence-electron chi connectivity index (χ0n) is 18.9. The quantitative estimate of drug-likeness (QED) is 0.525. The van der Waals surface area contributed by atoms with Gasteiger partial charge < -0.3 is 19.0 Å². The first kappa shape index (κ1) is 22.5. The number of piperidine rings is 1. The molecule has 2 aromatic heterocycles. The number of rotatable bonds is 6. The number of ether oxygens (including phenoxy) is 1. The fraction of sp³-hybridized carbons (Fsp3) is 0.435. The van der Waals surface area contributed by atoms with Gasteiger partial charge in [0.15, 0.2) is 5.76 Å². The van der Waals surface area contributed by atoms with Gasteiger partial charge in [-0.25, -0.2) is 4.79 Å². The molecule has 0 saturated carbocycles. The van der Waals surface area contributed by atoms with Gasteiger partial charge in [0, 0.05) is 44.6 Å². The second-order valence-electron chi connectivity index (χ2n) is 8.38. The van der Waals surface area contributed by atoms with E-state index in [-0.39, 0.29) is 29.9 Å². The molecule has 3 aromatic rings. The summed E-state index contributed by atoms with van der Waals surface area (Å²) in [4.78, 5) is 40.7. The number of carbonyl (C=O) groups excluding carboxylic acids is 3. The summed E-state index contributed by atoms with van der Waals surface area (Å²) in [6, 6.07) is 6.93. The van der Waals surface area contributed by atoms with Crippen LogP contribution in [0.2, 0.25) is 0 Å². The Bertz CT molecular complexity index is 1150. The van der Waals surface area contributed by atoms with E-state index in [0.29, 0.717) is 25.1 Å². The maximum absolute atomic E-state index is 13.1. The van der Waals surface area contributed by atoms with E-state index in [1.54, 1.807) is 42.1 Å². The molecule has 4 rings (SSSR count). The van der Waals surface area contributed by atoms with Gasteiger partial charge >= 0.3 is 5.97 Å². The highest BCUT2D eigenvalue weighted by molar-refractivity contribution is 5.96. The summed E-state index contributed by atoms with van der Waals surface area (Å²) in [5.74, 6) is -0.399. The molecule has 3 heterocycles. The summed E-state index contributed by atoms with van der Waals surface area (Å²) in [7, 11) is 4.69. The normalized spacial score (nSPS) is 18.3. The Labute approximate surface area is 191 Å². The van der Waals surface area contributed by atoms with Gasteiger partial charge in [-0.3, -0.25) is 14.3 Å². The van der Waals surface area contributed by atoms with E-state index in [0.717, 1.165) is 17.4 Å². The number of amides is 2. The van der Waals surface area contributed by atoms with Crippen molar-refractivity contribution in [3.05, 3.63) is 48.0 Å². The summed E-state index contributed by atoms with van der Waals surface area (Å²) in [6.45, 7) is 0.792. The van der Waals surface area contributed by atoms with E-state index < -0.39 is 12.0 Å². The Morgan fingerprint density at radius 3 is 2.73 bits per heavy atom. The van der Waals surface area contributed by atoms with Crippen LogP contribution in [-0.2, 0) is 20.9 Å². The molecule has 2 atom stereocenters. The fourth-order valence-corrected chi connectivity index (χ4v) is 4.25. The fourth-order valence-electron chi connectivity index (χ4n) is 4.25. The van der Waals surface area contributed by atoms with E-state index in [2.05, 4.69) is 10.3 Å². The van der Waals surface area contributed by atoms with Crippen LogP contribution in [-0.4, -0.2) is 76.4 Å². The van der Waals surface area contributed by atoms with Crippen molar-refractivity contribution < 1.29 is 23.5 Å². The van der Waals surface area contributed by atoms with Gasteiger partial charge in [-0.05, 0) is 36.6 Å². The topological polar surface area (TPSA) is 111 Å².